The fraction of sp³-hybridized carbons (Fsp3) is 0.556. The fourth-order valence-electron chi connectivity index (χ4n) is 1.20. The molecule has 2 rings (SSSR count). The van der Waals surface area contributed by atoms with E-state index in [2.05, 4.69) is 44.5 Å². The van der Waals surface area contributed by atoms with Crippen LogP contribution in [0.1, 0.15) is 19.7 Å². The molecule has 0 unspecified atom stereocenters. The SMILES string of the molecule is CC(C)CNCc1nc(-c2ncn[nH]2)no1. The third-order valence-corrected chi connectivity index (χ3v) is 1.92. The van der Waals surface area contributed by atoms with Gasteiger partial charge in [0.25, 0.3) is 0 Å². The van der Waals surface area contributed by atoms with E-state index < -0.39 is 0 Å². The van der Waals surface area contributed by atoms with Gasteiger partial charge in [0.1, 0.15) is 6.33 Å². The van der Waals surface area contributed by atoms with Crippen molar-refractivity contribution in [2.75, 3.05) is 6.54 Å². The van der Waals surface area contributed by atoms with Gasteiger partial charge in [0.05, 0.1) is 6.54 Å². The molecule has 0 amide bonds. The van der Waals surface area contributed by atoms with Gasteiger partial charge < -0.3 is 9.84 Å². The Morgan fingerprint density at radius 1 is 1.50 bits per heavy atom. The van der Waals surface area contributed by atoms with E-state index >= 15 is 0 Å². The number of hydrogen-bond donors (Lipinski definition) is 2. The van der Waals surface area contributed by atoms with Crippen LogP contribution in [0.15, 0.2) is 10.9 Å². The molecular formula is C9H14N6O. The fourth-order valence-corrected chi connectivity index (χ4v) is 1.20. The lowest BCUT2D eigenvalue weighted by Gasteiger charge is -2.03. The molecule has 0 bridgehead atoms. The van der Waals surface area contributed by atoms with Crippen molar-refractivity contribution < 1.29 is 4.52 Å². The number of aromatic amines is 1. The molecule has 0 aliphatic heterocycles. The van der Waals surface area contributed by atoms with Crippen LogP contribution >= 0.6 is 0 Å². The topological polar surface area (TPSA) is 92.5 Å². The third-order valence-electron chi connectivity index (χ3n) is 1.92. The van der Waals surface area contributed by atoms with Crippen LogP contribution in [-0.2, 0) is 6.54 Å². The monoisotopic (exact) mass is 222 g/mol. The molecule has 2 aromatic heterocycles. The van der Waals surface area contributed by atoms with Crippen LogP contribution in [0.3, 0.4) is 0 Å². The predicted molar refractivity (Wildman–Crippen MR) is 56.2 cm³/mol. The van der Waals surface area contributed by atoms with Crippen LogP contribution in [0.2, 0.25) is 0 Å². The lowest BCUT2D eigenvalue weighted by molar-refractivity contribution is 0.363. The van der Waals surface area contributed by atoms with Gasteiger partial charge >= 0.3 is 0 Å². The summed E-state index contributed by atoms with van der Waals surface area (Å²) in [5.41, 5.74) is 0. The first-order valence-electron chi connectivity index (χ1n) is 5.14. The van der Waals surface area contributed by atoms with Crippen LogP contribution < -0.4 is 5.32 Å². The standard InChI is InChI=1S/C9H14N6O/c1-6(2)3-10-4-7-13-9(15-16-7)8-11-5-12-14-8/h5-6,10H,3-4H2,1-2H3,(H,11,12,14). The zero-order valence-corrected chi connectivity index (χ0v) is 9.27. The van der Waals surface area contributed by atoms with Crippen molar-refractivity contribution >= 4 is 0 Å². The number of hydrogen-bond acceptors (Lipinski definition) is 6. The van der Waals surface area contributed by atoms with Crippen LogP contribution in [0, 0.1) is 5.92 Å². The Morgan fingerprint density at radius 3 is 3.06 bits per heavy atom. The summed E-state index contributed by atoms with van der Waals surface area (Å²) in [7, 11) is 0. The summed E-state index contributed by atoms with van der Waals surface area (Å²) >= 11 is 0. The summed E-state index contributed by atoms with van der Waals surface area (Å²) in [6, 6.07) is 0. The Balaban J connectivity index is 1.93. The van der Waals surface area contributed by atoms with Crippen LogP contribution in [0.5, 0.6) is 0 Å². The summed E-state index contributed by atoms with van der Waals surface area (Å²) < 4.78 is 5.06. The Hall–Kier alpha value is -1.76. The first-order valence-corrected chi connectivity index (χ1v) is 5.14. The molecule has 2 N–H and O–H groups in total. The molecule has 16 heavy (non-hydrogen) atoms. The maximum atomic E-state index is 5.06. The van der Waals surface area contributed by atoms with E-state index in [9.17, 15) is 0 Å². The first kappa shape index (κ1) is 10.7. The van der Waals surface area contributed by atoms with E-state index in [1.807, 2.05) is 0 Å². The Morgan fingerprint density at radius 2 is 2.38 bits per heavy atom. The van der Waals surface area contributed by atoms with Crippen LogP contribution in [-0.4, -0.2) is 31.9 Å². The van der Waals surface area contributed by atoms with Crippen molar-refractivity contribution in [3.8, 4) is 11.6 Å². The molecule has 2 heterocycles. The molecule has 0 atom stereocenters. The minimum absolute atomic E-state index is 0.429. The highest BCUT2D eigenvalue weighted by molar-refractivity contribution is 5.39. The molecule has 7 heteroatoms. The molecule has 0 saturated heterocycles. The van der Waals surface area contributed by atoms with Crippen molar-refractivity contribution in [2.45, 2.75) is 20.4 Å². The molecule has 0 saturated carbocycles. The third kappa shape index (κ3) is 2.63. The van der Waals surface area contributed by atoms with E-state index in [-0.39, 0.29) is 0 Å². The second-order valence-electron chi connectivity index (χ2n) is 3.87. The average molecular weight is 222 g/mol. The Bertz CT molecular complexity index is 421. The number of nitrogens with one attached hydrogen (secondary N) is 2. The largest absolute Gasteiger partial charge is 0.337 e. The quantitative estimate of drug-likeness (QED) is 0.769. The van der Waals surface area contributed by atoms with Crippen molar-refractivity contribution in [3.63, 3.8) is 0 Å². The number of aromatic nitrogens is 5. The smallest absolute Gasteiger partial charge is 0.241 e. The molecular weight excluding hydrogens is 208 g/mol. The molecule has 0 radical (unpaired) electrons. The lowest BCUT2D eigenvalue weighted by Crippen LogP contribution is -2.19. The molecule has 86 valence electrons. The molecule has 0 aliphatic carbocycles. The predicted octanol–water partition coefficient (Wildman–Crippen LogP) is 0.600. The van der Waals surface area contributed by atoms with Gasteiger partial charge in [-0.15, -0.1) is 0 Å². The van der Waals surface area contributed by atoms with Gasteiger partial charge in [0.2, 0.25) is 11.7 Å². The Kier molecular flexibility index (Phi) is 3.25. The van der Waals surface area contributed by atoms with Crippen molar-refractivity contribution in [3.05, 3.63) is 12.2 Å². The van der Waals surface area contributed by atoms with E-state index in [4.69, 9.17) is 4.52 Å². The summed E-state index contributed by atoms with van der Waals surface area (Å²) in [5, 5.41) is 13.4. The van der Waals surface area contributed by atoms with E-state index in [1.165, 1.54) is 6.33 Å². The molecule has 0 aromatic carbocycles. The van der Waals surface area contributed by atoms with Gasteiger partial charge in [0, 0.05) is 0 Å². The van der Waals surface area contributed by atoms with Gasteiger partial charge in [-0.2, -0.15) is 10.1 Å². The van der Waals surface area contributed by atoms with Crippen molar-refractivity contribution in [1.29, 1.82) is 0 Å². The average Bonchev–Trinajstić information content (AvgIpc) is 2.85. The second-order valence-corrected chi connectivity index (χ2v) is 3.87. The molecule has 7 nitrogen and oxygen atoms in total. The molecule has 0 spiro atoms. The zero-order chi connectivity index (χ0) is 11.4. The first-order chi connectivity index (χ1) is 7.75. The van der Waals surface area contributed by atoms with E-state index in [0.29, 0.717) is 30.0 Å². The van der Waals surface area contributed by atoms with E-state index in [1.54, 1.807) is 0 Å². The minimum atomic E-state index is 0.429. The number of rotatable bonds is 5. The molecule has 2 aromatic rings. The minimum Gasteiger partial charge on any atom is -0.337 e. The summed E-state index contributed by atoms with van der Waals surface area (Å²) in [6.45, 7) is 5.76. The van der Waals surface area contributed by atoms with Gasteiger partial charge in [-0.3, -0.25) is 5.10 Å². The normalized spacial score (nSPS) is 11.2. The summed E-state index contributed by atoms with van der Waals surface area (Å²) in [6.07, 6.45) is 1.41. The molecule has 0 fully saturated rings. The lowest BCUT2D eigenvalue weighted by atomic mass is 10.2. The van der Waals surface area contributed by atoms with Gasteiger partial charge in [-0.05, 0) is 12.5 Å². The van der Waals surface area contributed by atoms with Crippen molar-refractivity contribution in [2.24, 2.45) is 5.92 Å². The van der Waals surface area contributed by atoms with Crippen molar-refractivity contribution in [1.82, 2.24) is 30.6 Å². The second kappa shape index (κ2) is 4.84. The summed E-state index contributed by atoms with van der Waals surface area (Å²) in [4.78, 5) is 8.11. The van der Waals surface area contributed by atoms with Crippen LogP contribution in [0.4, 0.5) is 0 Å². The highest BCUT2D eigenvalue weighted by Crippen LogP contribution is 2.08. The maximum Gasteiger partial charge on any atom is 0.241 e. The maximum absolute atomic E-state index is 5.06. The highest BCUT2D eigenvalue weighted by Gasteiger charge is 2.10. The Labute approximate surface area is 92.7 Å². The van der Waals surface area contributed by atoms with E-state index in [0.717, 1.165) is 6.54 Å². The van der Waals surface area contributed by atoms with Gasteiger partial charge in [-0.1, -0.05) is 19.0 Å². The number of nitrogens with zero attached hydrogens (tertiary/aromatic N) is 4. The van der Waals surface area contributed by atoms with Crippen LogP contribution in [0.25, 0.3) is 11.6 Å². The number of H-pyrrole nitrogens is 1. The molecule has 0 aliphatic rings. The van der Waals surface area contributed by atoms with Gasteiger partial charge in [0.15, 0.2) is 5.82 Å². The summed E-state index contributed by atoms with van der Waals surface area (Å²) in [5.74, 6) is 2.08. The van der Waals surface area contributed by atoms with Gasteiger partial charge in [-0.25, -0.2) is 4.98 Å². The zero-order valence-electron chi connectivity index (χ0n) is 9.27. The highest BCUT2D eigenvalue weighted by atomic mass is 16.5.